The molecule has 3 N–H and O–H groups in total. The Morgan fingerprint density at radius 1 is 1.50 bits per heavy atom. The highest BCUT2D eigenvalue weighted by Gasteiger charge is 2.25. The van der Waals surface area contributed by atoms with E-state index in [-0.39, 0.29) is 11.3 Å². The number of halogens is 1. The topological polar surface area (TPSA) is 55.1 Å². The summed E-state index contributed by atoms with van der Waals surface area (Å²) < 4.78 is 0.835. The van der Waals surface area contributed by atoms with Crippen LogP contribution in [0.3, 0.4) is 0 Å². The second kappa shape index (κ2) is 4.87. The highest BCUT2D eigenvalue weighted by Crippen LogP contribution is 2.28. The van der Waals surface area contributed by atoms with Gasteiger partial charge in [-0.1, -0.05) is 20.8 Å². The standard InChI is InChI=1S/C12H17BrN2O/c1-4-12(2,3)11(16)15-10-7-8(14)5-6-9(10)13/h5-7H,4,14H2,1-3H3,(H,15,16). The predicted octanol–water partition coefficient (Wildman–Crippen LogP) is 3.41. The molecule has 0 bridgehead atoms. The van der Waals surface area contributed by atoms with Crippen molar-refractivity contribution in [2.75, 3.05) is 11.1 Å². The van der Waals surface area contributed by atoms with Gasteiger partial charge in [0.2, 0.25) is 5.91 Å². The van der Waals surface area contributed by atoms with Gasteiger partial charge < -0.3 is 11.1 Å². The van der Waals surface area contributed by atoms with Crippen LogP contribution in [0.2, 0.25) is 0 Å². The first-order valence-corrected chi connectivity index (χ1v) is 6.02. The van der Waals surface area contributed by atoms with E-state index in [0.29, 0.717) is 11.4 Å². The van der Waals surface area contributed by atoms with Crippen LogP contribution >= 0.6 is 15.9 Å². The minimum atomic E-state index is -0.371. The lowest BCUT2D eigenvalue weighted by Crippen LogP contribution is -2.30. The third kappa shape index (κ3) is 2.98. The molecule has 88 valence electrons. The molecule has 16 heavy (non-hydrogen) atoms. The maximum atomic E-state index is 12.0. The number of carbonyl (C=O) groups excluding carboxylic acids is 1. The number of hydrogen-bond acceptors (Lipinski definition) is 2. The van der Waals surface area contributed by atoms with Gasteiger partial charge in [-0.15, -0.1) is 0 Å². The molecule has 1 amide bonds. The van der Waals surface area contributed by atoms with Gasteiger partial charge in [-0.25, -0.2) is 0 Å². The number of benzene rings is 1. The summed E-state index contributed by atoms with van der Waals surface area (Å²) in [5, 5.41) is 2.88. The maximum absolute atomic E-state index is 12.0. The monoisotopic (exact) mass is 284 g/mol. The van der Waals surface area contributed by atoms with Crippen molar-refractivity contribution in [1.82, 2.24) is 0 Å². The summed E-state index contributed by atoms with van der Waals surface area (Å²) in [5.41, 5.74) is 6.65. The first kappa shape index (κ1) is 13.0. The van der Waals surface area contributed by atoms with E-state index in [2.05, 4.69) is 21.2 Å². The number of hydrogen-bond donors (Lipinski definition) is 2. The molecule has 0 radical (unpaired) electrons. The van der Waals surface area contributed by atoms with E-state index >= 15 is 0 Å². The summed E-state index contributed by atoms with van der Waals surface area (Å²) in [6.45, 7) is 5.83. The maximum Gasteiger partial charge on any atom is 0.230 e. The molecule has 0 aliphatic heterocycles. The van der Waals surface area contributed by atoms with Crippen molar-refractivity contribution in [3.8, 4) is 0 Å². The van der Waals surface area contributed by atoms with Crippen LogP contribution in [0.5, 0.6) is 0 Å². The molecule has 1 rings (SSSR count). The molecule has 0 heterocycles. The Kier molecular flexibility index (Phi) is 3.97. The van der Waals surface area contributed by atoms with Gasteiger partial charge in [-0.05, 0) is 40.5 Å². The number of nitrogens with one attached hydrogen (secondary N) is 1. The van der Waals surface area contributed by atoms with Crippen molar-refractivity contribution in [2.45, 2.75) is 27.2 Å². The first-order chi connectivity index (χ1) is 7.36. The van der Waals surface area contributed by atoms with E-state index in [9.17, 15) is 4.79 Å². The summed E-state index contributed by atoms with van der Waals surface area (Å²) in [4.78, 5) is 12.0. The van der Waals surface area contributed by atoms with Crippen LogP contribution in [0.1, 0.15) is 27.2 Å². The minimum absolute atomic E-state index is 0.00120. The molecule has 1 aromatic carbocycles. The highest BCUT2D eigenvalue weighted by molar-refractivity contribution is 9.10. The zero-order valence-electron chi connectivity index (χ0n) is 9.80. The molecule has 4 heteroatoms. The number of nitrogen functional groups attached to an aromatic ring is 1. The van der Waals surface area contributed by atoms with Crippen LogP contribution in [0.25, 0.3) is 0 Å². The van der Waals surface area contributed by atoms with E-state index in [1.165, 1.54) is 0 Å². The van der Waals surface area contributed by atoms with Gasteiger partial charge in [0.15, 0.2) is 0 Å². The van der Waals surface area contributed by atoms with Gasteiger partial charge in [0.1, 0.15) is 0 Å². The smallest absolute Gasteiger partial charge is 0.230 e. The van der Waals surface area contributed by atoms with Crippen molar-refractivity contribution < 1.29 is 4.79 Å². The zero-order valence-corrected chi connectivity index (χ0v) is 11.4. The van der Waals surface area contributed by atoms with Crippen LogP contribution in [0.15, 0.2) is 22.7 Å². The molecular weight excluding hydrogens is 268 g/mol. The number of amides is 1. The quantitative estimate of drug-likeness (QED) is 0.836. The van der Waals surface area contributed by atoms with Crippen LogP contribution in [-0.4, -0.2) is 5.91 Å². The largest absolute Gasteiger partial charge is 0.399 e. The Morgan fingerprint density at radius 3 is 2.69 bits per heavy atom. The Balaban J connectivity index is 2.89. The Bertz CT molecular complexity index is 402. The lowest BCUT2D eigenvalue weighted by molar-refractivity contribution is -0.124. The average molecular weight is 285 g/mol. The molecule has 0 atom stereocenters. The van der Waals surface area contributed by atoms with Crippen molar-refractivity contribution in [1.29, 1.82) is 0 Å². The third-order valence-electron chi connectivity index (χ3n) is 2.74. The number of rotatable bonds is 3. The third-order valence-corrected chi connectivity index (χ3v) is 3.43. The Morgan fingerprint density at radius 2 is 2.12 bits per heavy atom. The molecule has 0 aromatic heterocycles. The normalized spacial score (nSPS) is 11.2. The molecule has 3 nitrogen and oxygen atoms in total. The Hall–Kier alpha value is -1.03. The molecular formula is C12H17BrN2O. The minimum Gasteiger partial charge on any atom is -0.399 e. The van der Waals surface area contributed by atoms with E-state index in [4.69, 9.17) is 5.73 Å². The van der Waals surface area contributed by atoms with Crippen LogP contribution in [-0.2, 0) is 4.79 Å². The molecule has 0 aliphatic carbocycles. The van der Waals surface area contributed by atoms with Crippen molar-refractivity contribution in [3.05, 3.63) is 22.7 Å². The van der Waals surface area contributed by atoms with Gasteiger partial charge in [0.25, 0.3) is 0 Å². The molecule has 0 fully saturated rings. The molecule has 1 aromatic rings. The number of anilines is 2. The SMILES string of the molecule is CCC(C)(C)C(=O)Nc1cc(N)ccc1Br. The fourth-order valence-electron chi connectivity index (χ4n) is 1.09. The van der Waals surface area contributed by atoms with Crippen LogP contribution in [0, 0.1) is 5.41 Å². The molecule has 0 aliphatic rings. The van der Waals surface area contributed by atoms with E-state index in [1.54, 1.807) is 12.1 Å². The van der Waals surface area contributed by atoms with Gasteiger partial charge in [-0.2, -0.15) is 0 Å². The van der Waals surface area contributed by atoms with Crippen molar-refractivity contribution in [3.63, 3.8) is 0 Å². The first-order valence-electron chi connectivity index (χ1n) is 5.23. The van der Waals surface area contributed by atoms with E-state index < -0.39 is 0 Å². The highest BCUT2D eigenvalue weighted by atomic mass is 79.9. The van der Waals surface area contributed by atoms with E-state index in [0.717, 1.165) is 10.9 Å². The molecule has 0 unspecified atom stereocenters. The number of nitrogens with two attached hydrogens (primary N) is 1. The van der Waals surface area contributed by atoms with Crippen molar-refractivity contribution in [2.24, 2.45) is 5.41 Å². The van der Waals surface area contributed by atoms with E-state index in [1.807, 2.05) is 26.8 Å². The summed E-state index contributed by atoms with van der Waals surface area (Å²) >= 11 is 3.38. The van der Waals surface area contributed by atoms with Crippen LogP contribution < -0.4 is 11.1 Å². The Labute approximate surface area is 105 Å². The summed E-state index contributed by atoms with van der Waals surface area (Å²) in [6.07, 6.45) is 0.790. The molecule has 0 saturated heterocycles. The average Bonchev–Trinajstić information content (AvgIpc) is 2.23. The lowest BCUT2D eigenvalue weighted by Gasteiger charge is -2.22. The number of carbonyl (C=O) groups is 1. The fourth-order valence-corrected chi connectivity index (χ4v) is 1.44. The van der Waals surface area contributed by atoms with Crippen LogP contribution in [0.4, 0.5) is 11.4 Å². The lowest BCUT2D eigenvalue weighted by atomic mass is 9.89. The second-order valence-corrected chi connectivity index (χ2v) is 5.29. The van der Waals surface area contributed by atoms with Gasteiger partial charge in [0.05, 0.1) is 5.69 Å². The molecule has 0 spiro atoms. The second-order valence-electron chi connectivity index (χ2n) is 4.43. The van der Waals surface area contributed by atoms with Gasteiger partial charge in [0, 0.05) is 15.6 Å². The molecule has 0 saturated carbocycles. The predicted molar refractivity (Wildman–Crippen MR) is 71.3 cm³/mol. The van der Waals surface area contributed by atoms with Gasteiger partial charge >= 0.3 is 0 Å². The summed E-state index contributed by atoms with van der Waals surface area (Å²) in [5.74, 6) is 0.00120. The zero-order chi connectivity index (χ0) is 12.3. The van der Waals surface area contributed by atoms with Crippen molar-refractivity contribution >= 4 is 33.2 Å². The summed E-state index contributed by atoms with van der Waals surface area (Å²) in [6, 6.07) is 5.35. The van der Waals surface area contributed by atoms with Gasteiger partial charge in [-0.3, -0.25) is 4.79 Å². The fraction of sp³-hybridized carbons (Fsp3) is 0.417. The summed E-state index contributed by atoms with van der Waals surface area (Å²) in [7, 11) is 0.